The maximum absolute atomic E-state index is 5.76. The molecule has 0 N–H and O–H groups in total. The highest BCUT2D eigenvalue weighted by atomic mass is 35.5. The highest BCUT2D eigenvalue weighted by Crippen LogP contribution is 2.27. The lowest BCUT2D eigenvalue weighted by molar-refractivity contribution is 0.389. The van der Waals surface area contributed by atoms with Gasteiger partial charge < -0.3 is 0 Å². The van der Waals surface area contributed by atoms with Crippen LogP contribution in [-0.2, 0) is 0 Å². The second kappa shape index (κ2) is 4.25. The molecule has 58 valence electrons. The maximum atomic E-state index is 5.76. The molecule has 1 rings (SSSR count). The Balaban J connectivity index is 2.45. The lowest BCUT2D eigenvalue weighted by Gasteiger charge is -2.24. The normalized spacial score (nSPS) is 32.6. The molecular formula is C8H12Cl2. The quantitative estimate of drug-likeness (QED) is 0.451. The van der Waals surface area contributed by atoms with Gasteiger partial charge >= 0.3 is 0 Å². The monoisotopic (exact) mass is 178 g/mol. The molecule has 0 amide bonds. The van der Waals surface area contributed by atoms with Crippen LogP contribution in [0.3, 0.4) is 0 Å². The molecule has 0 nitrogen and oxygen atoms in total. The van der Waals surface area contributed by atoms with Gasteiger partial charge in [-0.3, -0.25) is 0 Å². The van der Waals surface area contributed by atoms with Crippen molar-refractivity contribution >= 4 is 23.2 Å². The van der Waals surface area contributed by atoms with Gasteiger partial charge in [-0.05, 0) is 24.7 Å². The van der Waals surface area contributed by atoms with Crippen molar-refractivity contribution < 1.29 is 0 Å². The summed E-state index contributed by atoms with van der Waals surface area (Å²) in [6.45, 7) is 0. The average molecular weight is 179 g/mol. The molecule has 2 atom stereocenters. The van der Waals surface area contributed by atoms with Crippen LogP contribution in [0.1, 0.15) is 12.8 Å². The van der Waals surface area contributed by atoms with Crippen LogP contribution in [0.25, 0.3) is 0 Å². The second-order valence-electron chi connectivity index (χ2n) is 2.77. The Labute approximate surface area is 72.2 Å². The van der Waals surface area contributed by atoms with Gasteiger partial charge in [0.15, 0.2) is 0 Å². The summed E-state index contributed by atoms with van der Waals surface area (Å²) in [6.07, 6.45) is 6.63. The number of alkyl halides is 2. The van der Waals surface area contributed by atoms with Crippen LogP contribution in [0.15, 0.2) is 12.2 Å². The molecule has 0 aromatic rings. The van der Waals surface area contributed by atoms with Crippen molar-refractivity contribution in [2.24, 2.45) is 11.8 Å². The van der Waals surface area contributed by atoms with Crippen molar-refractivity contribution in [1.82, 2.24) is 0 Å². The van der Waals surface area contributed by atoms with Crippen LogP contribution >= 0.6 is 23.2 Å². The first kappa shape index (κ1) is 8.42. The minimum atomic E-state index is 0.615. The van der Waals surface area contributed by atoms with E-state index in [4.69, 9.17) is 23.2 Å². The number of hydrogen-bond donors (Lipinski definition) is 0. The lowest BCUT2D eigenvalue weighted by Crippen LogP contribution is -2.19. The van der Waals surface area contributed by atoms with Gasteiger partial charge in [0.1, 0.15) is 0 Å². The van der Waals surface area contributed by atoms with E-state index in [9.17, 15) is 0 Å². The van der Waals surface area contributed by atoms with Crippen LogP contribution < -0.4 is 0 Å². The van der Waals surface area contributed by atoms with Gasteiger partial charge in [-0.2, -0.15) is 0 Å². The molecule has 0 radical (unpaired) electrons. The molecule has 1 aliphatic carbocycles. The zero-order valence-electron chi connectivity index (χ0n) is 5.89. The molecule has 0 spiro atoms. The SMILES string of the molecule is ClC[C@@H]1CC=CC[C@H]1CCl. The Morgan fingerprint density at radius 2 is 1.40 bits per heavy atom. The Bertz CT molecular complexity index is 106. The Morgan fingerprint density at radius 3 is 1.70 bits per heavy atom. The molecule has 0 aliphatic heterocycles. The fourth-order valence-electron chi connectivity index (χ4n) is 1.30. The summed E-state index contributed by atoms with van der Waals surface area (Å²) in [4.78, 5) is 0. The third-order valence-electron chi connectivity index (χ3n) is 2.11. The summed E-state index contributed by atoms with van der Waals surface area (Å²) in [7, 11) is 0. The van der Waals surface area contributed by atoms with Crippen LogP contribution in [0.2, 0.25) is 0 Å². The van der Waals surface area contributed by atoms with E-state index in [1.54, 1.807) is 0 Å². The molecule has 10 heavy (non-hydrogen) atoms. The zero-order valence-corrected chi connectivity index (χ0v) is 7.41. The lowest BCUT2D eigenvalue weighted by atomic mass is 9.86. The molecule has 0 bridgehead atoms. The van der Waals surface area contributed by atoms with Gasteiger partial charge in [-0.1, -0.05) is 12.2 Å². The van der Waals surface area contributed by atoms with Crippen molar-refractivity contribution in [2.45, 2.75) is 12.8 Å². The zero-order chi connectivity index (χ0) is 7.40. The number of hydrogen-bond acceptors (Lipinski definition) is 0. The van der Waals surface area contributed by atoms with E-state index >= 15 is 0 Å². The van der Waals surface area contributed by atoms with Crippen LogP contribution in [0.4, 0.5) is 0 Å². The average Bonchev–Trinajstić information content (AvgIpc) is 2.04. The highest BCUT2D eigenvalue weighted by Gasteiger charge is 2.19. The Kier molecular flexibility index (Phi) is 3.58. The molecule has 0 fully saturated rings. The van der Waals surface area contributed by atoms with Gasteiger partial charge in [-0.25, -0.2) is 0 Å². The van der Waals surface area contributed by atoms with Gasteiger partial charge in [0.05, 0.1) is 0 Å². The summed E-state index contributed by atoms with van der Waals surface area (Å²) in [5.74, 6) is 2.73. The molecule has 0 unspecified atom stereocenters. The topological polar surface area (TPSA) is 0 Å². The highest BCUT2D eigenvalue weighted by molar-refractivity contribution is 6.19. The molecular weight excluding hydrogens is 167 g/mol. The molecule has 0 aromatic carbocycles. The number of allylic oxidation sites excluding steroid dienone is 2. The van der Waals surface area contributed by atoms with Crippen molar-refractivity contribution in [3.63, 3.8) is 0 Å². The number of halogens is 2. The molecule has 0 saturated carbocycles. The number of rotatable bonds is 2. The minimum Gasteiger partial charge on any atom is -0.126 e. The third kappa shape index (κ3) is 1.90. The van der Waals surface area contributed by atoms with E-state index in [-0.39, 0.29) is 0 Å². The van der Waals surface area contributed by atoms with E-state index in [1.165, 1.54) is 0 Å². The van der Waals surface area contributed by atoms with Crippen molar-refractivity contribution in [1.29, 1.82) is 0 Å². The summed E-state index contributed by atoms with van der Waals surface area (Å²) in [6, 6.07) is 0. The van der Waals surface area contributed by atoms with E-state index < -0.39 is 0 Å². The fourth-order valence-corrected chi connectivity index (χ4v) is 2.06. The van der Waals surface area contributed by atoms with Crippen LogP contribution in [0, 0.1) is 11.8 Å². The maximum Gasteiger partial charge on any atom is 0.0257 e. The summed E-state index contributed by atoms with van der Waals surface area (Å²) in [5, 5.41) is 0. The molecule has 2 heteroatoms. The standard InChI is InChI=1S/C8H12Cl2/c9-5-7-3-1-2-4-8(7)6-10/h1-2,7-8H,3-6H2/t7-,8-/m0/s1. The first-order valence-corrected chi connectivity index (χ1v) is 4.72. The Morgan fingerprint density at radius 1 is 1.00 bits per heavy atom. The summed E-state index contributed by atoms with van der Waals surface area (Å²) in [5.41, 5.74) is 0. The van der Waals surface area contributed by atoms with Gasteiger partial charge in [0.2, 0.25) is 0 Å². The molecule has 0 saturated heterocycles. The van der Waals surface area contributed by atoms with Crippen molar-refractivity contribution in [2.75, 3.05) is 11.8 Å². The Hall–Kier alpha value is 0.320. The van der Waals surface area contributed by atoms with Crippen molar-refractivity contribution in [3.05, 3.63) is 12.2 Å². The predicted molar refractivity (Wildman–Crippen MR) is 46.8 cm³/mol. The first-order valence-electron chi connectivity index (χ1n) is 3.65. The fraction of sp³-hybridized carbons (Fsp3) is 0.750. The minimum absolute atomic E-state index is 0.615. The molecule has 1 aliphatic rings. The third-order valence-corrected chi connectivity index (χ3v) is 2.90. The van der Waals surface area contributed by atoms with E-state index in [0.717, 1.165) is 24.6 Å². The van der Waals surface area contributed by atoms with Gasteiger partial charge in [-0.15, -0.1) is 23.2 Å². The molecule has 0 heterocycles. The van der Waals surface area contributed by atoms with Gasteiger partial charge in [0.25, 0.3) is 0 Å². The predicted octanol–water partition coefficient (Wildman–Crippen LogP) is 3.05. The van der Waals surface area contributed by atoms with E-state index in [2.05, 4.69) is 12.2 Å². The summed E-state index contributed by atoms with van der Waals surface area (Å²) >= 11 is 11.5. The van der Waals surface area contributed by atoms with E-state index in [1.807, 2.05) is 0 Å². The second-order valence-corrected chi connectivity index (χ2v) is 3.39. The van der Waals surface area contributed by atoms with Crippen molar-refractivity contribution in [3.8, 4) is 0 Å². The summed E-state index contributed by atoms with van der Waals surface area (Å²) < 4.78 is 0. The van der Waals surface area contributed by atoms with Gasteiger partial charge in [0, 0.05) is 11.8 Å². The molecule has 0 aromatic heterocycles. The first-order chi connectivity index (χ1) is 4.88. The van der Waals surface area contributed by atoms with Crippen LogP contribution in [0.5, 0.6) is 0 Å². The smallest absolute Gasteiger partial charge is 0.0257 e. The van der Waals surface area contributed by atoms with E-state index in [0.29, 0.717) is 11.8 Å². The van der Waals surface area contributed by atoms with Crippen LogP contribution in [-0.4, -0.2) is 11.8 Å². The largest absolute Gasteiger partial charge is 0.126 e.